The van der Waals surface area contributed by atoms with Crippen LogP contribution >= 0.6 is 11.6 Å². The van der Waals surface area contributed by atoms with E-state index in [4.69, 9.17) is 32.0 Å². The Morgan fingerprint density at radius 1 is 1.47 bits per heavy atom. The quantitative estimate of drug-likeness (QED) is 0.365. The summed E-state index contributed by atoms with van der Waals surface area (Å²) in [5.41, 5.74) is 5.72. The van der Waals surface area contributed by atoms with Gasteiger partial charge in [0.05, 0.1) is 17.2 Å². The number of ether oxygens (including phenoxy) is 2. The molecule has 19 heavy (non-hydrogen) atoms. The van der Waals surface area contributed by atoms with E-state index in [2.05, 4.69) is 5.16 Å². The number of oxime groups is 1. The lowest BCUT2D eigenvalue weighted by Crippen LogP contribution is -2.25. The smallest absolute Gasteiger partial charge is 0.171 e. The molecular formula is C13H19ClN2O3. The van der Waals surface area contributed by atoms with Gasteiger partial charge in [0.15, 0.2) is 5.84 Å². The Balaban J connectivity index is 2.65. The third kappa shape index (κ3) is 4.61. The van der Waals surface area contributed by atoms with Gasteiger partial charge in [-0.25, -0.2) is 0 Å². The average molecular weight is 287 g/mol. The lowest BCUT2D eigenvalue weighted by atomic mass is 10.1. The van der Waals surface area contributed by atoms with E-state index < -0.39 is 0 Å². The zero-order valence-corrected chi connectivity index (χ0v) is 12.1. The fourth-order valence-corrected chi connectivity index (χ4v) is 1.63. The molecule has 0 aliphatic carbocycles. The van der Waals surface area contributed by atoms with Gasteiger partial charge in [0, 0.05) is 19.1 Å². The molecule has 1 aromatic rings. The van der Waals surface area contributed by atoms with Crippen molar-refractivity contribution in [1.82, 2.24) is 0 Å². The third-order valence-electron chi connectivity index (χ3n) is 2.85. The van der Waals surface area contributed by atoms with Crippen LogP contribution in [0.4, 0.5) is 0 Å². The number of benzene rings is 1. The van der Waals surface area contributed by atoms with Gasteiger partial charge in [-0.2, -0.15) is 0 Å². The molecule has 0 fully saturated rings. The van der Waals surface area contributed by atoms with Gasteiger partial charge in [-0.1, -0.05) is 16.8 Å². The number of nitrogens with two attached hydrogens (primary N) is 1. The van der Waals surface area contributed by atoms with Crippen LogP contribution < -0.4 is 10.5 Å². The monoisotopic (exact) mass is 286 g/mol. The summed E-state index contributed by atoms with van der Waals surface area (Å²) in [5.74, 6) is 0.600. The Bertz CT molecular complexity index is 461. The van der Waals surface area contributed by atoms with Crippen molar-refractivity contribution in [2.24, 2.45) is 10.9 Å². The highest BCUT2D eigenvalue weighted by molar-refractivity contribution is 6.34. The highest BCUT2D eigenvalue weighted by Crippen LogP contribution is 2.23. The SMILES string of the molecule is COC(C)(C)CCOc1ccc(/C(N)=N/O)c(Cl)c1. The molecule has 6 heteroatoms. The van der Waals surface area contributed by atoms with Gasteiger partial charge >= 0.3 is 0 Å². The van der Waals surface area contributed by atoms with Gasteiger partial charge in [-0.15, -0.1) is 0 Å². The van der Waals surface area contributed by atoms with Crippen molar-refractivity contribution < 1.29 is 14.7 Å². The molecule has 0 saturated heterocycles. The number of rotatable bonds is 6. The molecular weight excluding hydrogens is 268 g/mol. The van der Waals surface area contributed by atoms with Crippen molar-refractivity contribution in [2.45, 2.75) is 25.9 Å². The number of methoxy groups -OCH3 is 1. The zero-order valence-electron chi connectivity index (χ0n) is 11.3. The highest BCUT2D eigenvalue weighted by Gasteiger charge is 2.16. The Labute approximate surface area is 117 Å². The minimum atomic E-state index is -0.224. The summed E-state index contributed by atoms with van der Waals surface area (Å²) in [4.78, 5) is 0. The minimum absolute atomic E-state index is 0.0305. The molecule has 0 bridgehead atoms. The molecule has 0 spiro atoms. The first-order valence-electron chi connectivity index (χ1n) is 5.85. The summed E-state index contributed by atoms with van der Waals surface area (Å²) in [5, 5.41) is 11.9. The Hall–Kier alpha value is -1.46. The maximum Gasteiger partial charge on any atom is 0.171 e. The van der Waals surface area contributed by atoms with Gasteiger partial charge in [-0.3, -0.25) is 0 Å². The molecule has 0 aliphatic rings. The van der Waals surface area contributed by atoms with Crippen LogP contribution in [0.15, 0.2) is 23.4 Å². The van der Waals surface area contributed by atoms with Gasteiger partial charge in [0.2, 0.25) is 0 Å². The lowest BCUT2D eigenvalue weighted by Gasteiger charge is -2.22. The van der Waals surface area contributed by atoms with Gasteiger partial charge in [-0.05, 0) is 32.0 Å². The second-order valence-corrected chi connectivity index (χ2v) is 5.10. The molecule has 1 aromatic carbocycles. The molecule has 3 N–H and O–H groups in total. The van der Waals surface area contributed by atoms with Crippen LogP contribution in [0.25, 0.3) is 0 Å². The Morgan fingerprint density at radius 2 is 2.16 bits per heavy atom. The van der Waals surface area contributed by atoms with Gasteiger partial charge in [0.25, 0.3) is 0 Å². The predicted molar refractivity (Wildman–Crippen MR) is 75.2 cm³/mol. The molecule has 0 amide bonds. The Morgan fingerprint density at radius 3 is 2.68 bits per heavy atom. The number of nitrogens with zero attached hydrogens (tertiary/aromatic N) is 1. The molecule has 0 radical (unpaired) electrons. The largest absolute Gasteiger partial charge is 0.493 e. The number of halogens is 1. The first-order valence-corrected chi connectivity index (χ1v) is 6.23. The summed E-state index contributed by atoms with van der Waals surface area (Å²) < 4.78 is 10.9. The van der Waals surface area contributed by atoms with Crippen LogP contribution in [-0.2, 0) is 4.74 Å². The molecule has 0 atom stereocenters. The van der Waals surface area contributed by atoms with Crippen molar-refractivity contribution in [3.05, 3.63) is 28.8 Å². The minimum Gasteiger partial charge on any atom is -0.493 e. The van der Waals surface area contributed by atoms with Crippen LogP contribution in [0.5, 0.6) is 5.75 Å². The second kappa shape index (κ2) is 6.63. The highest BCUT2D eigenvalue weighted by atomic mass is 35.5. The first-order chi connectivity index (χ1) is 8.89. The van der Waals surface area contributed by atoms with E-state index in [0.717, 1.165) is 6.42 Å². The molecule has 0 aromatic heterocycles. The molecule has 0 saturated carbocycles. The maximum atomic E-state index is 8.60. The molecule has 0 heterocycles. The average Bonchev–Trinajstić information content (AvgIpc) is 2.38. The van der Waals surface area contributed by atoms with Crippen molar-refractivity contribution >= 4 is 17.4 Å². The number of hydrogen-bond acceptors (Lipinski definition) is 4. The summed E-state index contributed by atoms with van der Waals surface area (Å²) in [6.45, 7) is 4.50. The molecule has 0 unspecified atom stereocenters. The standard InChI is InChI=1S/C13H19ClN2O3/c1-13(2,18-3)6-7-19-9-4-5-10(11(14)8-9)12(15)16-17/h4-5,8,17H,6-7H2,1-3H3,(H2,15,16). The fraction of sp³-hybridized carbons (Fsp3) is 0.462. The van der Waals surface area contributed by atoms with E-state index in [-0.39, 0.29) is 11.4 Å². The molecule has 5 nitrogen and oxygen atoms in total. The van der Waals surface area contributed by atoms with Crippen LogP contribution in [0.3, 0.4) is 0 Å². The van der Waals surface area contributed by atoms with E-state index >= 15 is 0 Å². The molecule has 0 aliphatic heterocycles. The summed E-state index contributed by atoms with van der Waals surface area (Å²) in [6, 6.07) is 5.00. The van der Waals surface area contributed by atoms with Crippen molar-refractivity contribution in [3.63, 3.8) is 0 Å². The van der Waals surface area contributed by atoms with Crippen molar-refractivity contribution in [3.8, 4) is 5.75 Å². The van der Waals surface area contributed by atoms with E-state index in [0.29, 0.717) is 22.9 Å². The molecule has 106 valence electrons. The van der Waals surface area contributed by atoms with E-state index in [1.807, 2.05) is 13.8 Å². The third-order valence-corrected chi connectivity index (χ3v) is 3.16. The fourth-order valence-electron chi connectivity index (χ4n) is 1.36. The van der Waals surface area contributed by atoms with Crippen LogP contribution in [-0.4, -0.2) is 30.4 Å². The maximum absolute atomic E-state index is 8.60. The molecule has 1 rings (SSSR count). The number of hydrogen-bond donors (Lipinski definition) is 2. The summed E-state index contributed by atoms with van der Waals surface area (Å²) in [6.07, 6.45) is 0.753. The van der Waals surface area contributed by atoms with Gasteiger partial charge in [0.1, 0.15) is 5.75 Å². The van der Waals surface area contributed by atoms with Gasteiger partial charge < -0.3 is 20.4 Å². The van der Waals surface area contributed by atoms with Crippen LogP contribution in [0, 0.1) is 0 Å². The second-order valence-electron chi connectivity index (χ2n) is 4.69. The van der Waals surface area contributed by atoms with Crippen LogP contribution in [0.1, 0.15) is 25.8 Å². The van der Waals surface area contributed by atoms with Crippen molar-refractivity contribution in [1.29, 1.82) is 0 Å². The van der Waals surface area contributed by atoms with E-state index in [1.54, 1.807) is 25.3 Å². The van der Waals surface area contributed by atoms with E-state index in [9.17, 15) is 0 Å². The normalized spacial score (nSPS) is 12.5. The summed E-state index contributed by atoms with van der Waals surface area (Å²) in [7, 11) is 1.67. The summed E-state index contributed by atoms with van der Waals surface area (Å²) >= 11 is 6.02. The van der Waals surface area contributed by atoms with Crippen LogP contribution in [0.2, 0.25) is 5.02 Å². The Kier molecular flexibility index (Phi) is 5.44. The first kappa shape index (κ1) is 15.6. The topological polar surface area (TPSA) is 77.1 Å². The van der Waals surface area contributed by atoms with E-state index in [1.165, 1.54) is 0 Å². The predicted octanol–water partition coefficient (Wildman–Crippen LogP) is 2.63. The zero-order chi connectivity index (χ0) is 14.5. The van der Waals surface area contributed by atoms with Crippen molar-refractivity contribution in [2.75, 3.05) is 13.7 Å². The number of amidine groups is 1. The lowest BCUT2D eigenvalue weighted by molar-refractivity contribution is 0.00546.